The van der Waals surface area contributed by atoms with Crippen LogP contribution in [-0.2, 0) is 23.4 Å². The highest BCUT2D eigenvalue weighted by atomic mass is 32.2. The second kappa shape index (κ2) is 4.49. The molecule has 0 fully saturated rings. The van der Waals surface area contributed by atoms with Crippen molar-refractivity contribution in [3.05, 3.63) is 17.0 Å². The van der Waals surface area contributed by atoms with Gasteiger partial charge >= 0.3 is 5.97 Å². The topological polar surface area (TPSA) is 55.1 Å². The van der Waals surface area contributed by atoms with Crippen LogP contribution in [0.3, 0.4) is 0 Å². The molecule has 0 atom stereocenters. The van der Waals surface area contributed by atoms with Gasteiger partial charge in [0.05, 0.1) is 17.8 Å². The van der Waals surface area contributed by atoms with E-state index in [2.05, 4.69) is 5.10 Å². The number of carbonyl (C=O) groups is 1. The van der Waals surface area contributed by atoms with E-state index >= 15 is 0 Å². The number of rotatable bonds is 3. The number of carboxylic acid groups (broad SMARTS) is 1. The molecule has 0 saturated heterocycles. The highest BCUT2D eigenvalue weighted by Gasteiger charge is 2.23. The average Bonchev–Trinajstić information content (AvgIpc) is 2.57. The summed E-state index contributed by atoms with van der Waals surface area (Å²) in [6.07, 6.45) is 1.05. The van der Waals surface area contributed by atoms with E-state index in [-0.39, 0.29) is 12.5 Å². The summed E-state index contributed by atoms with van der Waals surface area (Å²) in [5, 5.41) is 13.5. The molecule has 16 heavy (non-hydrogen) atoms. The van der Waals surface area contributed by atoms with Gasteiger partial charge in [0.2, 0.25) is 0 Å². The van der Waals surface area contributed by atoms with Gasteiger partial charge in [0.1, 0.15) is 0 Å². The minimum Gasteiger partial charge on any atom is -0.481 e. The van der Waals surface area contributed by atoms with Crippen LogP contribution in [0.2, 0.25) is 0 Å². The minimum absolute atomic E-state index is 0.0844. The number of aryl methyl sites for hydroxylation is 1. The fourth-order valence-corrected chi connectivity index (χ4v) is 3.04. The monoisotopic (exact) mass is 240 g/mol. The van der Waals surface area contributed by atoms with E-state index in [4.69, 9.17) is 5.11 Å². The predicted molar refractivity (Wildman–Crippen MR) is 63.8 cm³/mol. The number of carboxylic acids is 1. The molecule has 0 bridgehead atoms. The first-order chi connectivity index (χ1) is 7.59. The van der Waals surface area contributed by atoms with Gasteiger partial charge in [-0.15, -0.1) is 0 Å². The van der Waals surface area contributed by atoms with E-state index < -0.39 is 5.97 Å². The molecule has 5 heteroatoms. The lowest BCUT2D eigenvalue weighted by Gasteiger charge is -2.12. The van der Waals surface area contributed by atoms with Crippen molar-refractivity contribution in [1.82, 2.24) is 9.78 Å². The third-order valence-electron chi connectivity index (χ3n) is 2.74. The second-order valence-corrected chi connectivity index (χ2v) is 5.39. The van der Waals surface area contributed by atoms with Crippen LogP contribution in [0.4, 0.5) is 0 Å². The number of fused-ring (bicyclic) bond motifs is 1. The molecule has 1 aliphatic heterocycles. The van der Waals surface area contributed by atoms with Crippen molar-refractivity contribution in [3.8, 4) is 0 Å². The maximum absolute atomic E-state index is 10.9. The molecule has 0 aliphatic carbocycles. The molecule has 0 amide bonds. The normalized spacial score (nSPS) is 15.2. The number of aliphatic carboxylic acids is 1. The highest BCUT2D eigenvalue weighted by Crippen LogP contribution is 2.28. The van der Waals surface area contributed by atoms with Crippen molar-refractivity contribution < 1.29 is 9.90 Å². The molecule has 0 aromatic carbocycles. The molecule has 0 unspecified atom stereocenters. The van der Waals surface area contributed by atoms with Crippen molar-refractivity contribution >= 4 is 17.7 Å². The van der Waals surface area contributed by atoms with Crippen LogP contribution in [0.15, 0.2) is 0 Å². The Hall–Kier alpha value is -0.970. The predicted octanol–water partition coefficient (Wildman–Crippen LogP) is 1.88. The first-order valence-corrected chi connectivity index (χ1v) is 6.63. The molecule has 1 aliphatic rings. The van der Waals surface area contributed by atoms with Crippen LogP contribution >= 0.6 is 11.8 Å². The summed E-state index contributed by atoms with van der Waals surface area (Å²) >= 11 is 1.86. The zero-order valence-electron chi connectivity index (χ0n) is 9.56. The fraction of sp³-hybridized carbons (Fsp3) is 0.636. The third-order valence-corrected chi connectivity index (χ3v) is 3.72. The lowest BCUT2D eigenvalue weighted by atomic mass is 10.1. The summed E-state index contributed by atoms with van der Waals surface area (Å²) in [4.78, 5) is 10.9. The number of nitrogens with zero attached hydrogens (tertiary/aromatic N) is 2. The highest BCUT2D eigenvalue weighted by molar-refractivity contribution is 7.98. The summed E-state index contributed by atoms with van der Waals surface area (Å²) in [5.74, 6) is 1.22. The van der Waals surface area contributed by atoms with Crippen molar-refractivity contribution in [1.29, 1.82) is 0 Å². The van der Waals surface area contributed by atoms with Gasteiger partial charge in [-0.3, -0.25) is 9.48 Å². The lowest BCUT2D eigenvalue weighted by Crippen LogP contribution is -2.12. The van der Waals surface area contributed by atoms with Gasteiger partial charge in [-0.25, -0.2) is 0 Å². The second-order valence-electron chi connectivity index (χ2n) is 4.28. The average molecular weight is 240 g/mol. The summed E-state index contributed by atoms with van der Waals surface area (Å²) in [7, 11) is 0. The van der Waals surface area contributed by atoms with E-state index in [1.165, 1.54) is 0 Å². The molecule has 0 saturated carbocycles. The minimum atomic E-state index is -0.778. The maximum Gasteiger partial charge on any atom is 0.309 e. The van der Waals surface area contributed by atoms with Crippen LogP contribution in [0.1, 0.15) is 36.8 Å². The van der Waals surface area contributed by atoms with Crippen molar-refractivity contribution in [2.24, 2.45) is 0 Å². The standard InChI is InChI=1S/C11H16N2O2S/c1-7(2)13-10(5-11(14)15)8-6-16-4-3-9(8)12-13/h7H,3-6H2,1-2H3,(H,14,15). The molecule has 1 aromatic heterocycles. The molecular weight excluding hydrogens is 224 g/mol. The maximum atomic E-state index is 10.9. The fourth-order valence-electron chi connectivity index (χ4n) is 2.02. The van der Waals surface area contributed by atoms with Crippen LogP contribution in [0.5, 0.6) is 0 Å². The Morgan fingerprint density at radius 3 is 3.00 bits per heavy atom. The van der Waals surface area contributed by atoms with Crippen LogP contribution in [-0.4, -0.2) is 26.6 Å². The van der Waals surface area contributed by atoms with E-state index in [0.29, 0.717) is 0 Å². The summed E-state index contributed by atoms with van der Waals surface area (Å²) < 4.78 is 1.88. The van der Waals surface area contributed by atoms with Gasteiger partial charge < -0.3 is 5.11 Å². The van der Waals surface area contributed by atoms with Crippen molar-refractivity contribution in [2.75, 3.05) is 5.75 Å². The van der Waals surface area contributed by atoms with Crippen molar-refractivity contribution in [2.45, 2.75) is 38.5 Å². The largest absolute Gasteiger partial charge is 0.481 e. The molecule has 0 spiro atoms. The molecule has 88 valence electrons. The Bertz CT molecular complexity index is 412. The van der Waals surface area contributed by atoms with Gasteiger partial charge in [-0.2, -0.15) is 16.9 Å². The van der Waals surface area contributed by atoms with Gasteiger partial charge in [0, 0.05) is 23.8 Å². The molecule has 0 radical (unpaired) electrons. The van der Waals surface area contributed by atoms with E-state index in [0.717, 1.165) is 34.9 Å². The van der Waals surface area contributed by atoms with Gasteiger partial charge in [0.25, 0.3) is 0 Å². The third kappa shape index (κ3) is 2.09. The molecule has 1 N–H and O–H groups in total. The van der Waals surface area contributed by atoms with E-state index in [1.807, 2.05) is 30.3 Å². The number of aromatic nitrogens is 2. The molecule has 4 nitrogen and oxygen atoms in total. The Morgan fingerprint density at radius 2 is 2.38 bits per heavy atom. The zero-order valence-corrected chi connectivity index (χ0v) is 10.4. The molecule has 2 rings (SSSR count). The number of thioether (sulfide) groups is 1. The van der Waals surface area contributed by atoms with Crippen LogP contribution < -0.4 is 0 Å². The van der Waals surface area contributed by atoms with E-state index in [9.17, 15) is 4.79 Å². The zero-order chi connectivity index (χ0) is 11.7. The SMILES string of the molecule is CC(C)n1nc2c(c1CC(=O)O)CSCC2. The number of hydrogen-bond acceptors (Lipinski definition) is 3. The van der Waals surface area contributed by atoms with Crippen LogP contribution in [0.25, 0.3) is 0 Å². The summed E-state index contributed by atoms with van der Waals surface area (Å²) in [6, 6.07) is 0.227. The van der Waals surface area contributed by atoms with Crippen LogP contribution in [0, 0.1) is 0 Å². The Balaban J connectivity index is 2.44. The van der Waals surface area contributed by atoms with Gasteiger partial charge in [0.15, 0.2) is 0 Å². The molecule has 1 aromatic rings. The Labute approximate surface area is 99.0 Å². The quantitative estimate of drug-likeness (QED) is 0.876. The summed E-state index contributed by atoms with van der Waals surface area (Å²) in [5.41, 5.74) is 3.15. The molecule has 2 heterocycles. The smallest absolute Gasteiger partial charge is 0.309 e. The summed E-state index contributed by atoms with van der Waals surface area (Å²) in [6.45, 7) is 4.08. The van der Waals surface area contributed by atoms with E-state index in [1.54, 1.807) is 0 Å². The first-order valence-electron chi connectivity index (χ1n) is 5.48. The Morgan fingerprint density at radius 1 is 1.62 bits per heavy atom. The lowest BCUT2D eigenvalue weighted by molar-refractivity contribution is -0.136. The van der Waals surface area contributed by atoms with Crippen molar-refractivity contribution in [3.63, 3.8) is 0 Å². The molecular formula is C11H16N2O2S. The van der Waals surface area contributed by atoms with Gasteiger partial charge in [-0.05, 0) is 19.6 Å². The Kier molecular flexibility index (Phi) is 3.23. The first kappa shape index (κ1) is 11.5. The van der Waals surface area contributed by atoms with Gasteiger partial charge in [-0.1, -0.05) is 0 Å². The number of hydrogen-bond donors (Lipinski definition) is 1.